The number of hydrogen-bond acceptors (Lipinski definition) is 3. The third kappa shape index (κ3) is 3.61. The molecule has 0 aromatic rings. The molecule has 1 rings (SSSR count). The number of nitrogens with two attached hydrogens (primary N) is 1. The van der Waals surface area contributed by atoms with Crippen molar-refractivity contribution >= 4 is 11.8 Å². The number of hydrogen-bond donors (Lipinski definition) is 2. The summed E-state index contributed by atoms with van der Waals surface area (Å²) in [7, 11) is 0. The van der Waals surface area contributed by atoms with Gasteiger partial charge in [0.25, 0.3) is 0 Å². The predicted octanol–water partition coefficient (Wildman–Crippen LogP) is 0.985. The Kier molecular flexibility index (Phi) is 4.73. The lowest BCUT2D eigenvalue weighted by Gasteiger charge is -2.33. The molecule has 1 aliphatic carbocycles. The summed E-state index contributed by atoms with van der Waals surface area (Å²) < 4.78 is 0. The summed E-state index contributed by atoms with van der Waals surface area (Å²) in [6, 6.07) is 1.16. The molecule has 0 amide bonds. The Morgan fingerprint density at radius 3 is 2.92 bits per heavy atom. The van der Waals surface area contributed by atoms with Gasteiger partial charge in [0.2, 0.25) is 0 Å². The van der Waals surface area contributed by atoms with E-state index in [1.54, 1.807) is 0 Å². The highest BCUT2D eigenvalue weighted by Crippen LogP contribution is 2.16. The van der Waals surface area contributed by atoms with Crippen LogP contribution in [-0.4, -0.2) is 30.1 Å². The van der Waals surface area contributed by atoms with Crippen molar-refractivity contribution in [2.45, 2.75) is 24.9 Å². The Hall–Kier alpha value is 0.01000. The van der Waals surface area contributed by atoms with Gasteiger partial charge < -0.3 is 11.1 Å². The van der Waals surface area contributed by atoms with Crippen LogP contribution in [0.2, 0.25) is 0 Å². The zero-order valence-electron chi connectivity index (χ0n) is 7.46. The molecule has 2 nitrogen and oxygen atoms in total. The first-order chi connectivity index (χ1) is 5.83. The molecule has 0 spiro atoms. The first-order valence-electron chi connectivity index (χ1n) is 4.50. The maximum absolute atomic E-state index is 5.66. The van der Waals surface area contributed by atoms with Gasteiger partial charge in [0.15, 0.2) is 0 Å². The zero-order valence-corrected chi connectivity index (χ0v) is 8.28. The molecular formula is C9H18N2S. The fourth-order valence-corrected chi connectivity index (χ4v) is 1.93. The second-order valence-corrected chi connectivity index (χ2v) is 4.40. The lowest BCUT2D eigenvalue weighted by molar-refractivity contribution is 0.298. The number of nitrogens with one attached hydrogen (secondary N) is 1. The van der Waals surface area contributed by atoms with Gasteiger partial charge in [-0.25, -0.2) is 0 Å². The topological polar surface area (TPSA) is 38.0 Å². The SMILES string of the molecule is C=CCSCCNC1CC(N)C1. The summed E-state index contributed by atoms with van der Waals surface area (Å²) in [5.74, 6) is 2.24. The molecule has 1 saturated carbocycles. The Balaban J connectivity index is 1.80. The molecule has 0 aromatic heterocycles. The van der Waals surface area contributed by atoms with Gasteiger partial charge in [-0.15, -0.1) is 6.58 Å². The van der Waals surface area contributed by atoms with Crippen LogP contribution in [0.5, 0.6) is 0 Å². The summed E-state index contributed by atoms with van der Waals surface area (Å²) in [5.41, 5.74) is 5.66. The maximum atomic E-state index is 5.66. The van der Waals surface area contributed by atoms with Crippen molar-refractivity contribution in [2.75, 3.05) is 18.1 Å². The average Bonchev–Trinajstić information content (AvgIpc) is 2.00. The first kappa shape index (κ1) is 10.1. The Bertz CT molecular complexity index is 132. The minimum Gasteiger partial charge on any atom is -0.328 e. The highest BCUT2D eigenvalue weighted by atomic mass is 32.2. The standard InChI is InChI=1S/C9H18N2S/c1-2-4-12-5-3-11-9-6-8(10)7-9/h2,8-9,11H,1,3-7,10H2. The van der Waals surface area contributed by atoms with Crippen LogP contribution in [0.3, 0.4) is 0 Å². The Labute approximate surface area is 79.0 Å². The van der Waals surface area contributed by atoms with Gasteiger partial charge in [-0.2, -0.15) is 11.8 Å². The van der Waals surface area contributed by atoms with Gasteiger partial charge in [-0.05, 0) is 12.8 Å². The molecule has 12 heavy (non-hydrogen) atoms. The molecule has 3 heteroatoms. The lowest BCUT2D eigenvalue weighted by Crippen LogP contribution is -2.48. The highest BCUT2D eigenvalue weighted by Gasteiger charge is 2.24. The third-order valence-electron chi connectivity index (χ3n) is 2.09. The molecule has 1 aliphatic rings. The fraction of sp³-hybridized carbons (Fsp3) is 0.778. The van der Waals surface area contributed by atoms with Crippen molar-refractivity contribution in [3.8, 4) is 0 Å². The van der Waals surface area contributed by atoms with E-state index >= 15 is 0 Å². The number of rotatable bonds is 6. The van der Waals surface area contributed by atoms with Crippen molar-refractivity contribution < 1.29 is 0 Å². The van der Waals surface area contributed by atoms with E-state index in [1.807, 2.05) is 17.8 Å². The van der Waals surface area contributed by atoms with E-state index in [0.29, 0.717) is 12.1 Å². The van der Waals surface area contributed by atoms with E-state index in [9.17, 15) is 0 Å². The van der Waals surface area contributed by atoms with Crippen LogP contribution in [0.25, 0.3) is 0 Å². The van der Waals surface area contributed by atoms with Crippen molar-refractivity contribution in [1.29, 1.82) is 0 Å². The number of thioether (sulfide) groups is 1. The van der Waals surface area contributed by atoms with Crippen molar-refractivity contribution in [3.05, 3.63) is 12.7 Å². The smallest absolute Gasteiger partial charge is 0.0111 e. The third-order valence-corrected chi connectivity index (χ3v) is 3.05. The molecule has 70 valence electrons. The lowest BCUT2D eigenvalue weighted by atomic mass is 9.88. The van der Waals surface area contributed by atoms with Crippen molar-refractivity contribution in [3.63, 3.8) is 0 Å². The average molecular weight is 186 g/mol. The van der Waals surface area contributed by atoms with Gasteiger partial charge in [-0.1, -0.05) is 6.08 Å². The van der Waals surface area contributed by atoms with E-state index in [1.165, 1.54) is 5.75 Å². The van der Waals surface area contributed by atoms with Crippen LogP contribution in [0, 0.1) is 0 Å². The van der Waals surface area contributed by atoms with Crippen LogP contribution < -0.4 is 11.1 Å². The second-order valence-electron chi connectivity index (χ2n) is 3.25. The van der Waals surface area contributed by atoms with E-state index in [2.05, 4.69) is 11.9 Å². The minimum atomic E-state index is 0.461. The fourth-order valence-electron chi connectivity index (χ4n) is 1.33. The van der Waals surface area contributed by atoms with E-state index in [4.69, 9.17) is 5.73 Å². The van der Waals surface area contributed by atoms with Gasteiger partial charge in [0.1, 0.15) is 0 Å². The van der Waals surface area contributed by atoms with E-state index in [-0.39, 0.29) is 0 Å². The maximum Gasteiger partial charge on any atom is 0.0111 e. The van der Waals surface area contributed by atoms with E-state index in [0.717, 1.165) is 25.1 Å². The summed E-state index contributed by atoms with van der Waals surface area (Å²) in [5, 5.41) is 3.47. The monoisotopic (exact) mass is 186 g/mol. The predicted molar refractivity (Wildman–Crippen MR) is 56.5 cm³/mol. The van der Waals surface area contributed by atoms with Gasteiger partial charge >= 0.3 is 0 Å². The van der Waals surface area contributed by atoms with Crippen LogP contribution in [0.15, 0.2) is 12.7 Å². The largest absolute Gasteiger partial charge is 0.328 e. The van der Waals surface area contributed by atoms with Crippen LogP contribution in [0.1, 0.15) is 12.8 Å². The minimum absolute atomic E-state index is 0.461. The Morgan fingerprint density at radius 1 is 1.58 bits per heavy atom. The second kappa shape index (κ2) is 5.62. The normalized spacial score (nSPS) is 28.1. The van der Waals surface area contributed by atoms with Crippen LogP contribution >= 0.6 is 11.8 Å². The molecule has 0 saturated heterocycles. The molecule has 0 unspecified atom stereocenters. The quantitative estimate of drug-likeness (QED) is 0.480. The first-order valence-corrected chi connectivity index (χ1v) is 5.66. The summed E-state index contributed by atoms with van der Waals surface area (Å²) in [4.78, 5) is 0. The molecule has 0 bridgehead atoms. The molecule has 0 radical (unpaired) electrons. The highest BCUT2D eigenvalue weighted by molar-refractivity contribution is 7.99. The van der Waals surface area contributed by atoms with Gasteiger partial charge in [0.05, 0.1) is 0 Å². The molecule has 0 aromatic carbocycles. The zero-order chi connectivity index (χ0) is 8.81. The Morgan fingerprint density at radius 2 is 2.33 bits per heavy atom. The molecule has 0 heterocycles. The summed E-state index contributed by atoms with van der Waals surface area (Å²) in [6.45, 7) is 4.78. The van der Waals surface area contributed by atoms with Gasteiger partial charge in [-0.3, -0.25) is 0 Å². The molecule has 0 aliphatic heterocycles. The molecular weight excluding hydrogens is 168 g/mol. The van der Waals surface area contributed by atoms with Crippen LogP contribution in [-0.2, 0) is 0 Å². The molecule has 1 fully saturated rings. The summed E-state index contributed by atoms with van der Waals surface area (Å²) in [6.07, 6.45) is 4.27. The summed E-state index contributed by atoms with van der Waals surface area (Å²) >= 11 is 1.92. The molecule has 0 atom stereocenters. The van der Waals surface area contributed by atoms with Crippen molar-refractivity contribution in [1.82, 2.24) is 5.32 Å². The molecule has 3 N–H and O–H groups in total. The van der Waals surface area contributed by atoms with E-state index < -0.39 is 0 Å². The van der Waals surface area contributed by atoms with Crippen molar-refractivity contribution in [2.24, 2.45) is 5.73 Å². The van der Waals surface area contributed by atoms with Crippen LogP contribution in [0.4, 0.5) is 0 Å². The van der Waals surface area contributed by atoms with Gasteiger partial charge in [0, 0.05) is 30.1 Å².